The van der Waals surface area contributed by atoms with E-state index in [-0.39, 0.29) is 30.8 Å². The number of hydrogen-bond donors (Lipinski definition) is 5. The van der Waals surface area contributed by atoms with Gasteiger partial charge in [-0.3, -0.25) is 5.32 Å². The minimum atomic E-state index is -1.58. The average Bonchev–Trinajstić information content (AvgIpc) is 2.30. The van der Waals surface area contributed by atoms with Gasteiger partial charge in [0.05, 0.1) is 6.61 Å². The first-order valence-electron chi connectivity index (χ1n) is 5.35. The highest BCUT2D eigenvalue weighted by atomic mass is 16.4. The topological polar surface area (TPSA) is 133 Å². The largest absolute Gasteiger partial charge is 0.480 e. The number of allylic oxidation sites excluding steroid dienone is 1. The maximum atomic E-state index is 11.3. The van der Waals surface area contributed by atoms with E-state index in [4.69, 9.17) is 15.9 Å². The van der Waals surface area contributed by atoms with Crippen LogP contribution < -0.4 is 11.1 Å². The molecular weight excluding hydrogens is 240 g/mol. The molecule has 6 N–H and O–H groups in total. The molecule has 0 aromatic rings. The number of aliphatic hydroxyl groups excluding tert-OH is 1. The van der Waals surface area contributed by atoms with E-state index >= 15 is 0 Å². The van der Waals surface area contributed by atoms with Crippen molar-refractivity contribution in [3.8, 4) is 0 Å². The van der Waals surface area contributed by atoms with E-state index in [0.717, 1.165) is 0 Å². The van der Waals surface area contributed by atoms with Crippen LogP contribution in [0, 0.1) is 0 Å². The van der Waals surface area contributed by atoms with Crippen molar-refractivity contribution in [1.82, 2.24) is 5.32 Å². The fourth-order valence-electron chi connectivity index (χ4n) is 1.85. The summed E-state index contributed by atoms with van der Waals surface area (Å²) in [5, 5.41) is 29.7. The van der Waals surface area contributed by atoms with Gasteiger partial charge in [0.15, 0.2) is 0 Å². The summed E-state index contributed by atoms with van der Waals surface area (Å²) in [4.78, 5) is 22.4. The molecule has 0 saturated carbocycles. The van der Waals surface area contributed by atoms with Gasteiger partial charge in [0, 0.05) is 24.2 Å². The Morgan fingerprint density at radius 1 is 1.50 bits per heavy atom. The number of nitrogens with one attached hydrogen (secondary N) is 1. The van der Waals surface area contributed by atoms with Gasteiger partial charge in [-0.2, -0.15) is 0 Å². The second kappa shape index (κ2) is 5.19. The Balaban J connectivity index is 3.19. The summed E-state index contributed by atoms with van der Waals surface area (Å²) in [7, 11) is 0. The van der Waals surface area contributed by atoms with Crippen LogP contribution in [0.25, 0.3) is 0 Å². The van der Waals surface area contributed by atoms with Gasteiger partial charge < -0.3 is 21.1 Å². The molecule has 0 heterocycles. The van der Waals surface area contributed by atoms with E-state index in [2.05, 4.69) is 5.32 Å². The molecule has 0 spiro atoms. The first kappa shape index (κ1) is 14.2. The van der Waals surface area contributed by atoms with E-state index in [1.54, 1.807) is 0 Å². The SMILES string of the molecule is CC1=C(C(=O)O)CC(NCCO)(C(=O)O)C=C1N. The maximum absolute atomic E-state index is 11.3. The number of nitrogens with two attached hydrogens (primary N) is 1. The number of aliphatic carboxylic acids is 2. The molecule has 7 heteroatoms. The fourth-order valence-corrected chi connectivity index (χ4v) is 1.85. The predicted octanol–water partition coefficient (Wildman–Crippen LogP) is -0.961. The molecule has 1 aliphatic rings. The predicted molar refractivity (Wildman–Crippen MR) is 62.7 cm³/mol. The Morgan fingerprint density at radius 2 is 2.11 bits per heavy atom. The number of carboxylic acid groups (broad SMARTS) is 2. The average molecular weight is 256 g/mol. The van der Waals surface area contributed by atoms with Gasteiger partial charge in [-0.1, -0.05) is 0 Å². The smallest absolute Gasteiger partial charge is 0.332 e. The van der Waals surface area contributed by atoms with Gasteiger partial charge in [-0.25, -0.2) is 9.59 Å². The number of carbonyl (C=O) groups is 2. The van der Waals surface area contributed by atoms with Crippen LogP contribution >= 0.6 is 0 Å². The van der Waals surface area contributed by atoms with Crippen molar-refractivity contribution in [1.29, 1.82) is 0 Å². The first-order chi connectivity index (χ1) is 8.34. The molecular formula is C11H16N2O5. The third kappa shape index (κ3) is 2.52. The summed E-state index contributed by atoms with van der Waals surface area (Å²) >= 11 is 0. The Labute approximate surface area is 104 Å². The quantitative estimate of drug-likeness (QED) is 0.427. The van der Waals surface area contributed by atoms with E-state index < -0.39 is 17.5 Å². The van der Waals surface area contributed by atoms with Crippen molar-refractivity contribution in [2.24, 2.45) is 5.73 Å². The number of β-amino-alcohol motifs (C(OH)–C–C–N with tert-alkyl or cyclic N) is 1. The summed E-state index contributed by atoms with van der Waals surface area (Å²) in [6.07, 6.45) is 1.07. The number of rotatable bonds is 5. The molecule has 18 heavy (non-hydrogen) atoms. The number of carboxylic acids is 2. The Morgan fingerprint density at radius 3 is 2.56 bits per heavy atom. The third-order valence-corrected chi connectivity index (χ3v) is 2.94. The first-order valence-corrected chi connectivity index (χ1v) is 5.35. The second-order valence-corrected chi connectivity index (χ2v) is 4.11. The Hall–Kier alpha value is -1.86. The minimum Gasteiger partial charge on any atom is -0.480 e. The highest BCUT2D eigenvalue weighted by molar-refractivity contribution is 5.93. The zero-order valence-corrected chi connectivity index (χ0v) is 9.93. The molecule has 1 atom stereocenters. The molecule has 0 amide bonds. The van der Waals surface area contributed by atoms with Crippen LogP contribution in [0.4, 0.5) is 0 Å². The molecule has 0 bridgehead atoms. The van der Waals surface area contributed by atoms with Gasteiger partial charge in [0.25, 0.3) is 0 Å². The summed E-state index contributed by atoms with van der Waals surface area (Å²) in [5.74, 6) is -2.43. The lowest BCUT2D eigenvalue weighted by atomic mass is 9.82. The van der Waals surface area contributed by atoms with Gasteiger partial charge >= 0.3 is 11.9 Å². The van der Waals surface area contributed by atoms with Crippen molar-refractivity contribution in [3.63, 3.8) is 0 Å². The molecule has 0 aliphatic heterocycles. The van der Waals surface area contributed by atoms with Crippen LogP contribution in [-0.2, 0) is 9.59 Å². The molecule has 100 valence electrons. The van der Waals surface area contributed by atoms with Crippen LogP contribution in [0.3, 0.4) is 0 Å². The normalized spacial score (nSPS) is 23.8. The summed E-state index contributed by atoms with van der Waals surface area (Å²) in [6, 6.07) is 0. The zero-order chi connectivity index (χ0) is 13.9. The summed E-state index contributed by atoms with van der Waals surface area (Å²) in [6.45, 7) is 1.31. The summed E-state index contributed by atoms with van der Waals surface area (Å²) < 4.78 is 0. The van der Waals surface area contributed by atoms with Crippen LogP contribution in [0.2, 0.25) is 0 Å². The van der Waals surface area contributed by atoms with Gasteiger partial charge in [0.1, 0.15) is 5.54 Å². The molecule has 0 aromatic carbocycles. The number of hydrogen-bond acceptors (Lipinski definition) is 5. The Kier molecular flexibility index (Phi) is 4.10. The van der Waals surface area contributed by atoms with Crippen molar-refractivity contribution in [3.05, 3.63) is 22.9 Å². The van der Waals surface area contributed by atoms with E-state index in [1.807, 2.05) is 0 Å². The monoisotopic (exact) mass is 256 g/mol. The fraction of sp³-hybridized carbons (Fsp3) is 0.455. The van der Waals surface area contributed by atoms with E-state index in [0.29, 0.717) is 5.57 Å². The van der Waals surface area contributed by atoms with E-state index in [9.17, 15) is 14.7 Å². The molecule has 1 unspecified atom stereocenters. The van der Waals surface area contributed by atoms with Crippen LogP contribution in [0.1, 0.15) is 13.3 Å². The van der Waals surface area contributed by atoms with Crippen molar-refractivity contribution >= 4 is 11.9 Å². The lowest BCUT2D eigenvalue weighted by Gasteiger charge is -2.32. The van der Waals surface area contributed by atoms with E-state index in [1.165, 1.54) is 13.0 Å². The maximum Gasteiger partial charge on any atom is 0.332 e. The summed E-state index contributed by atoms with van der Waals surface area (Å²) in [5.41, 5.74) is 4.53. The van der Waals surface area contributed by atoms with Gasteiger partial charge in [-0.05, 0) is 18.6 Å². The van der Waals surface area contributed by atoms with Crippen LogP contribution in [0.15, 0.2) is 22.9 Å². The van der Waals surface area contributed by atoms with Crippen LogP contribution in [-0.4, -0.2) is 45.9 Å². The highest BCUT2D eigenvalue weighted by Crippen LogP contribution is 2.30. The van der Waals surface area contributed by atoms with Crippen LogP contribution in [0.5, 0.6) is 0 Å². The molecule has 0 fully saturated rings. The minimum absolute atomic E-state index is 0.0298. The van der Waals surface area contributed by atoms with Crippen molar-refractivity contribution in [2.45, 2.75) is 18.9 Å². The Bertz CT molecular complexity index is 441. The second-order valence-electron chi connectivity index (χ2n) is 4.11. The zero-order valence-electron chi connectivity index (χ0n) is 9.93. The highest BCUT2D eigenvalue weighted by Gasteiger charge is 2.41. The van der Waals surface area contributed by atoms with Crippen molar-refractivity contribution < 1.29 is 24.9 Å². The molecule has 7 nitrogen and oxygen atoms in total. The molecule has 0 aromatic heterocycles. The standard InChI is InChI=1S/C11H16N2O5/c1-6-7(9(15)16)4-11(10(17)18,5-8(6)12)13-2-3-14/h5,13-14H,2-4,12H2,1H3,(H,15,16)(H,17,18). The molecule has 1 aliphatic carbocycles. The lowest BCUT2D eigenvalue weighted by molar-refractivity contribution is -0.143. The lowest BCUT2D eigenvalue weighted by Crippen LogP contribution is -2.54. The number of aliphatic hydroxyl groups is 1. The van der Waals surface area contributed by atoms with Gasteiger partial charge in [-0.15, -0.1) is 0 Å². The van der Waals surface area contributed by atoms with Gasteiger partial charge in [0.2, 0.25) is 0 Å². The third-order valence-electron chi connectivity index (χ3n) is 2.94. The molecule has 1 rings (SSSR count). The molecule has 0 radical (unpaired) electrons. The molecule has 0 saturated heterocycles. The van der Waals surface area contributed by atoms with Crippen molar-refractivity contribution in [2.75, 3.05) is 13.2 Å².